The molecule has 0 bridgehead atoms. The minimum Gasteiger partial charge on any atom is -0.466 e. The van der Waals surface area contributed by atoms with Gasteiger partial charge in [0, 0.05) is 26.7 Å². The summed E-state index contributed by atoms with van der Waals surface area (Å²) < 4.78 is 10.1. The Labute approximate surface area is 85.2 Å². The van der Waals surface area contributed by atoms with Crippen molar-refractivity contribution in [2.24, 2.45) is 0 Å². The smallest absolute Gasteiger partial charge is 0.307 e. The fourth-order valence-electron chi connectivity index (χ4n) is 1.68. The molecule has 1 saturated heterocycles. The first kappa shape index (κ1) is 11.5. The number of hydrogen-bond acceptors (Lipinski definition) is 4. The molecule has 0 aromatic rings. The molecule has 4 heteroatoms. The van der Waals surface area contributed by atoms with Crippen LogP contribution < -0.4 is 0 Å². The van der Waals surface area contributed by atoms with Crippen molar-refractivity contribution in [2.75, 3.05) is 33.4 Å². The van der Waals surface area contributed by atoms with Crippen LogP contribution in [0, 0.1) is 0 Å². The van der Waals surface area contributed by atoms with Crippen LogP contribution in [-0.2, 0) is 14.3 Å². The minimum absolute atomic E-state index is 0.103. The summed E-state index contributed by atoms with van der Waals surface area (Å²) >= 11 is 0. The standard InChI is InChI=1S/C10H19NO3/c1-3-14-10(12)5-7-11-6-4-9(8-11)13-2/h9H,3-8H2,1-2H3. The number of esters is 1. The lowest BCUT2D eigenvalue weighted by molar-refractivity contribution is -0.143. The molecule has 0 radical (unpaired) electrons. The Hall–Kier alpha value is -0.610. The third-order valence-electron chi connectivity index (χ3n) is 2.50. The predicted molar refractivity (Wildman–Crippen MR) is 53.1 cm³/mol. The second-order valence-corrected chi connectivity index (χ2v) is 3.50. The Bertz CT molecular complexity index is 184. The van der Waals surface area contributed by atoms with E-state index in [0.29, 0.717) is 19.1 Å². The normalized spacial score (nSPS) is 22.6. The van der Waals surface area contributed by atoms with E-state index >= 15 is 0 Å². The van der Waals surface area contributed by atoms with Crippen molar-refractivity contribution in [3.8, 4) is 0 Å². The SMILES string of the molecule is CCOC(=O)CCN1CCC(OC)C1. The Balaban J connectivity index is 2.11. The maximum atomic E-state index is 11.1. The van der Waals surface area contributed by atoms with Crippen LogP contribution in [0.25, 0.3) is 0 Å². The Kier molecular flexibility index (Phi) is 4.90. The van der Waals surface area contributed by atoms with Gasteiger partial charge < -0.3 is 14.4 Å². The molecule has 0 amide bonds. The highest BCUT2D eigenvalue weighted by Gasteiger charge is 2.22. The topological polar surface area (TPSA) is 38.8 Å². The van der Waals surface area contributed by atoms with E-state index in [-0.39, 0.29) is 5.97 Å². The third-order valence-corrected chi connectivity index (χ3v) is 2.50. The average molecular weight is 201 g/mol. The molecule has 1 rings (SSSR count). The maximum absolute atomic E-state index is 11.1. The van der Waals surface area contributed by atoms with Crippen LogP contribution >= 0.6 is 0 Å². The summed E-state index contributed by atoms with van der Waals surface area (Å²) in [6, 6.07) is 0. The van der Waals surface area contributed by atoms with Gasteiger partial charge in [-0.25, -0.2) is 0 Å². The molecule has 14 heavy (non-hydrogen) atoms. The van der Waals surface area contributed by atoms with E-state index in [4.69, 9.17) is 9.47 Å². The van der Waals surface area contributed by atoms with E-state index in [0.717, 1.165) is 26.1 Å². The average Bonchev–Trinajstić information content (AvgIpc) is 2.63. The molecule has 0 saturated carbocycles. The number of hydrogen-bond donors (Lipinski definition) is 0. The molecule has 1 fully saturated rings. The molecule has 82 valence electrons. The van der Waals surface area contributed by atoms with Gasteiger partial charge in [-0.2, -0.15) is 0 Å². The second kappa shape index (κ2) is 5.98. The van der Waals surface area contributed by atoms with Gasteiger partial charge in [0.1, 0.15) is 0 Å². The zero-order valence-electron chi connectivity index (χ0n) is 8.99. The molecular formula is C10H19NO3. The van der Waals surface area contributed by atoms with E-state index in [1.807, 2.05) is 6.92 Å². The van der Waals surface area contributed by atoms with Crippen molar-refractivity contribution < 1.29 is 14.3 Å². The Morgan fingerprint density at radius 3 is 2.93 bits per heavy atom. The number of carbonyl (C=O) groups excluding carboxylic acids is 1. The van der Waals surface area contributed by atoms with Gasteiger partial charge in [0.15, 0.2) is 0 Å². The van der Waals surface area contributed by atoms with Crippen LogP contribution in [0.1, 0.15) is 19.8 Å². The van der Waals surface area contributed by atoms with Crippen LogP contribution in [0.5, 0.6) is 0 Å². The van der Waals surface area contributed by atoms with Gasteiger partial charge >= 0.3 is 5.97 Å². The Morgan fingerprint density at radius 2 is 2.36 bits per heavy atom. The summed E-state index contributed by atoms with van der Waals surface area (Å²) in [5.74, 6) is -0.103. The lowest BCUT2D eigenvalue weighted by Crippen LogP contribution is -2.26. The largest absolute Gasteiger partial charge is 0.466 e. The van der Waals surface area contributed by atoms with Gasteiger partial charge in [0.05, 0.1) is 19.1 Å². The number of nitrogens with zero attached hydrogens (tertiary/aromatic N) is 1. The van der Waals surface area contributed by atoms with E-state index in [1.54, 1.807) is 7.11 Å². The lowest BCUT2D eigenvalue weighted by atomic mass is 10.3. The van der Waals surface area contributed by atoms with Crippen molar-refractivity contribution in [1.82, 2.24) is 4.90 Å². The molecule has 0 spiro atoms. The number of ether oxygens (including phenoxy) is 2. The summed E-state index contributed by atoms with van der Waals surface area (Å²) in [7, 11) is 1.74. The number of rotatable bonds is 5. The molecule has 1 atom stereocenters. The molecule has 1 aliphatic heterocycles. The molecular weight excluding hydrogens is 182 g/mol. The summed E-state index contributed by atoms with van der Waals surface area (Å²) in [6.45, 7) is 5.06. The summed E-state index contributed by atoms with van der Waals surface area (Å²) in [5.41, 5.74) is 0. The van der Waals surface area contributed by atoms with E-state index in [9.17, 15) is 4.79 Å². The Morgan fingerprint density at radius 1 is 1.57 bits per heavy atom. The number of likely N-dealkylation sites (tertiary alicyclic amines) is 1. The highest BCUT2D eigenvalue weighted by Crippen LogP contribution is 2.11. The van der Waals surface area contributed by atoms with Crippen LogP contribution in [-0.4, -0.2) is 50.3 Å². The molecule has 0 aromatic heterocycles. The molecule has 0 aromatic carbocycles. The molecule has 1 unspecified atom stereocenters. The van der Waals surface area contributed by atoms with Gasteiger partial charge in [-0.1, -0.05) is 0 Å². The van der Waals surface area contributed by atoms with Gasteiger partial charge in [-0.05, 0) is 13.3 Å². The third kappa shape index (κ3) is 3.64. The van der Waals surface area contributed by atoms with Crippen LogP contribution in [0.2, 0.25) is 0 Å². The molecule has 0 aliphatic carbocycles. The highest BCUT2D eigenvalue weighted by molar-refractivity contribution is 5.69. The van der Waals surface area contributed by atoms with Crippen molar-refractivity contribution in [3.63, 3.8) is 0 Å². The zero-order chi connectivity index (χ0) is 10.4. The maximum Gasteiger partial charge on any atom is 0.307 e. The first-order chi connectivity index (χ1) is 6.76. The summed E-state index contributed by atoms with van der Waals surface area (Å²) in [6.07, 6.45) is 1.90. The lowest BCUT2D eigenvalue weighted by Gasteiger charge is -2.14. The van der Waals surface area contributed by atoms with E-state index < -0.39 is 0 Å². The van der Waals surface area contributed by atoms with Crippen LogP contribution in [0.4, 0.5) is 0 Å². The van der Waals surface area contributed by atoms with E-state index in [1.165, 1.54) is 0 Å². The molecule has 1 aliphatic rings. The number of methoxy groups -OCH3 is 1. The first-order valence-corrected chi connectivity index (χ1v) is 5.17. The molecule has 1 heterocycles. The van der Waals surface area contributed by atoms with Crippen molar-refractivity contribution in [1.29, 1.82) is 0 Å². The molecule has 4 nitrogen and oxygen atoms in total. The summed E-state index contributed by atoms with van der Waals surface area (Å²) in [4.78, 5) is 13.3. The zero-order valence-corrected chi connectivity index (χ0v) is 8.99. The van der Waals surface area contributed by atoms with E-state index in [2.05, 4.69) is 4.90 Å². The van der Waals surface area contributed by atoms with Gasteiger partial charge in [0.25, 0.3) is 0 Å². The minimum atomic E-state index is -0.103. The van der Waals surface area contributed by atoms with Crippen LogP contribution in [0.15, 0.2) is 0 Å². The fraction of sp³-hybridized carbons (Fsp3) is 0.900. The first-order valence-electron chi connectivity index (χ1n) is 5.17. The van der Waals surface area contributed by atoms with Crippen molar-refractivity contribution in [2.45, 2.75) is 25.9 Å². The van der Waals surface area contributed by atoms with Crippen LogP contribution in [0.3, 0.4) is 0 Å². The van der Waals surface area contributed by atoms with Gasteiger partial charge in [-0.3, -0.25) is 4.79 Å². The predicted octanol–water partition coefficient (Wildman–Crippen LogP) is 0.660. The second-order valence-electron chi connectivity index (χ2n) is 3.50. The summed E-state index contributed by atoms with van der Waals surface area (Å²) in [5, 5.41) is 0. The van der Waals surface area contributed by atoms with Crippen molar-refractivity contribution >= 4 is 5.97 Å². The quantitative estimate of drug-likeness (QED) is 0.612. The molecule has 0 N–H and O–H groups in total. The van der Waals surface area contributed by atoms with Gasteiger partial charge in [-0.15, -0.1) is 0 Å². The van der Waals surface area contributed by atoms with Crippen molar-refractivity contribution in [3.05, 3.63) is 0 Å². The number of carbonyl (C=O) groups is 1. The van der Waals surface area contributed by atoms with Gasteiger partial charge in [0.2, 0.25) is 0 Å². The monoisotopic (exact) mass is 201 g/mol. The fourth-order valence-corrected chi connectivity index (χ4v) is 1.68. The highest BCUT2D eigenvalue weighted by atomic mass is 16.5.